The molecule has 8 heteroatoms. The van der Waals surface area contributed by atoms with Crippen LogP contribution in [0.5, 0.6) is 5.75 Å². The molecule has 7 nitrogen and oxygen atoms in total. The molecule has 0 saturated carbocycles. The van der Waals surface area contributed by atoms with Gasteiger partial charge in [0.1, 0.15) is 17.0 Å². The third kappa shape index (κ3) is 3.77. The summed E-state index contributed by atoms with van der Waals surface area (Å²) in [6, 6.07) is 17.8. The number of nitrogens with zero attached hydrogens (tertiary/aromatic N) is 2. The second-order valence-corrected chi connectivity index (χ2v) is 7.52. The van der Waals surface area contributed by atoms with Gasteiger partial charge in [0.25, 0.3) is 5.56 Å². The lowest BCUT2D eigenvalue weighted by molar-refractivity contribution is -0.121. The maximum absolute atomic E-state index is 13.1. The minimum atomic E-state index is -0.548. The number of methoxy groups -OCH3 is 1. The van der Waals surface area contributed by atoms with Crippen LogP contribution in [0.15, 0.2) is 75.6 Å². The molecule has 2 heterocycles. The molecule has 2 aromatic heterocycles. The van der Waals surface area contributed by atoms with Gasteiger partial charge in [-0.3, -0.25) is 14.2 Å². The largest absolute Gasteiger partial charge is 0.497 e. The molecular weight excluding hydrogens is 402 g/mol. The molecule has 1 N–H and O–H groups in total. The molecular formula is C22H19N3O4S. The van der Waals surface area contributed by atoms with E-state index in [1.165, 1.54) is 15.9 Å². The molecule has 0 aliphatic rings. The summed E-state index contributed by atoms with van der Waals surface area (Å²) < 4.78 is 8.06. The smallest absolute Gasteiger partial charge is 0.336 e. The molecule has 152 valence electrons. The molecule has 2 aromatic carbocycles. The Kier molecular flexibility index (Phi) is 5.49. The summed E-state index contributed by atoms with van der Waals surface area (Å²) in [5.41, 5.74) is 0.870. The molecule has 4 rings (SSSR count). The minimum absolute atomic E-state index is 0.191. The second kappa shape index (κ2) is 8.38. The Hall–Kier alpha value is -3.65. The summed E-state index contributed by atoms with van der Waals surface area (Å²) in [4.78, 5) is 38.6. The number of benzene rings is 2. The molecule has 0 aliphatic heterocycles. The van der Waals surface area contributed by atoms with Gasteiger partial charge in [0.15, 0.2) is 0 Å². The van der Waals surface area contributed by atoms with Crippen LogP contribution < -0.4 is 21.3 Å². The molecule has 30 heavy (non-hydrogen) atoms. The Morgan fingerprint density at radius 3 is 2.63 bits per heavy atom. The maximum atomic E-state index is 13.1. The van der Waals surface area contributed by atoms with Gasteiger partial charge in [-0.1, -0.05) is 30.3 Å². The molecule has 0 bridgehead atoms. The van der Waals surface area contributed by atoms with Crippen molar-refractivity contribution in [3.63, 3.8) is 0 Å². The Morgan fingerprint density at radius 2 is 1.87 bits per heavy atom. The zero-order valence-electron chi connectivity index (χ0n) is 16.2. The molecule has 0 saturated heterocycles. The molecule has 0 fully saturated rings. The highest BCUT2D eigenvalue weighted by atomic mass is 32.1. The number of thiophene rings is 1. The molecule has 0 radical (unpaired) electrons. The van der Waals surface area contributed by atoms with Gasteiger partial charge in [0, 0.05) is 6.54 Å². The Bertz CT molecular complexity index is 1320. The van der Waals surface area contributed by atoms with E-state index in [9.17, 15) is 14.4 Å². The molecule has 1 amide bonds. The van der Waals surface area contributed by atoms with Crippen molar-refractivity contribution in [2.45, 2.75) is 13.1 Å². The third-order valence-electron chi connectivity index (χ3n) is 4.69. The van der Waals surface area contributed by atoms with Crippen molar-refractivity contribution < 1.29 is 9.53 Å². The van der Waals surface area contributed by atoms with Crippen molar-refractivity contribution in [1.82, 2.24) is 14.5 Å². The van der Waals surface area contributed by atoms with Crippen molar-refractivity contribution in [2.75, 3.05) is 7.11 Å². The summed E-state index contributed by atoms with van der Waals surface area (Å²) >= 11 is 1.25. The van der Waals surface area contributed by atoms with Crippen molar-refractivity contribution in [3.05, 3.63) is 92.4 Å². The highest BCUT2D eigenvalue weighted by molar-refractivity contribution is 7.17. The van der Waals surface area contributed by atoms with E-state index in [-0.39, 0.29) is 18.0 Å². The van der Waals surface area contributed by atoms with Gasteiger partial charge in [-0.15, -0.1) is 11.3 Å². The summed E-state index contributed by atoms with van der Waals surface area (Å²) in [7, 11) is 1.58. The molecule has 0 spiro atoms. The normalized spacial score (nSPS) is 10.8. The van der Waals surface area contributed by atoms with Gasteiger partial charge in [-0.25, -0.2) is 9.36 Å². The minimum Gasteiger partial charge on any atom is -0.497 e. The van der Waals surface area contributed by atoms with E-state index in [0.29, 0.717) is 28.2 Å². The number of amides is 1. The summed E-state index contributed by atoms with van der Waals surface area (Å²) in [6.45, 7) is 0.110. The number of rotatable bonds is 6. The Labute approximate surface area is 175 Å². The van der Waals surface area contributed by atoms with Crippen LogP contribution in [0.3, 0.4) is 0 Å². The fourth-order valence-electron chi connectivity index (χ4n) is 3.23. The summed E-state index contributed by atoms with van der Waals surface area (Å²) in [5.74, 6) is 0.374. The van der Waals surface area contributed by atoms with E-state index in [4.69, 9.17) is 4.74 Å². The molecule has 4 aromatic rings. The lowest BCUT2D eigenvalue weighted by Crippen LogP contribution is -2.41. The standard InChI is InChI=1S/C22H19N3O4S/c1-29-17-9-5-6-15(12-17)13-23-19(26)14-24-18-10-11-30-20(18)21(27)25(22(24)28)16-7-3-2-4-8-16/h2-12H,13-14H2,1H3,(H,23,26). The lowest BCUT2D eigenvalue weighted by atomic mass is 10.2. The maximum Gasteiger partial charge on any atom is 0.336 e. The first kappa shape index (κ1) is 19.7. The lowest BCUT2D eigenvalue weighted by Gasteiger charge is -2.12. The average Bonchev–Trinajstić information content (AvgIpc) is 3.26. The number of para-hydroxylation sites is 1. The third-order valence-corrected chi connectivity index (χ3v) is 5.59. The predicted molar refractivity (Wildman–Crippen MR) is 117 cm³/mol. The van der Waals surface area contributed by atoms with E-state index < -0.39 is 5.69 Å². The summed E-state index contributed by atoms with van der Waals surface area (Å²) in [5, 5.41) is 4.56. The fourth-order valence-corrected chi connectivity index (χ4v) is 4.05. The van der Waals surface area contributed by atoms with Gasteiger partial charge < -0.3 is 10.1 Å². The molecule has 0 aliphatic carbocycles. The number of nitrogens with one attached hydrogen (secondary N) is 1. The van der Waals surface area contributed by atoms with E-state index in [1.807, 2.05) is 30.3 Å². The number of hydrogen-bond donors (Lipinski definition) is 1. The predicted octanol–water partition coefficient (Wildman–Crippen LogP) is 2.54. The van der Waals surface area contributed by atoms with Gasteiger partial charge in [-0.05, 0) is 41.3 Å². The topological polar surface area (TPSA) is 82.3 Å². The number of ether oxygens (including phenoxy) is 1. The van der Waals surface area contributed by atoms with Crippen LogP contribution in [-0.2, 0) is 17.9 Å². The van der Waals surface area contributed by atoms with Gasteiger partial charge in [0.2, 0.25) is 5.91 Å². The average molecular weight is 421 g/mol. The van der Waals surface area contributed by atoms with Crippen LogP contribution >= 0.6 is 11.3 Å². The van der Waals surface area contributed by atoms with E-state index >= 15 is 0 Å². The molecule has 0 atom stereocenters. The quantitative estimate of drug-likeness (QED) is 0.519. The van der Waals surface area contributed by atoms with Crippen LogP contribution in [0.25, 0.3) is 15.9 Å². The van der Waals surface area contributed by atoms with Crippen LogP contribution in [0.2, 0.25) is 0 Å². The first-order valence-electron chi connectivity index (χ1n) is 9.26. The fraction of sp³-hybridized carbons (Fsp3) is 0.136. The van der Waals surface area contributed by atoms with Crippen molar-refractivity contribution in [1.29, 1.82) is 0 Å². The molecule has 0 unspecified atom stereocenters. The zero-order valence-corrected chi connectivity index (χ0v) is 17.0. The van der Waals surface area contributed by atoms with E-state index in [0.717, 1.165) is 10.1 Å². The first-order chi connectivity index (χ1) is 14.6. The zero-order chi connectivity index (χ0) is 21.1. The van der Waals surface area contributed by atoms with Crippen molar-refractivity contribution >= 4 is 27.5 Å². The SMILES string of the molecule is COc1cccc(CNC(=O)Cn2c(=O)n(-c3ccccc3)c(=O)c3sccc32)c1. The van der Waals surface area contributed by atoms with Gasteiger partial charge >= 0.3 is 5.69 Å². The van der Waals surface area contributed by atoms with Crippen LogP contribution in [0, 0.1) is 0 Å². The number of carbonyl (C=O) groups is 1. The highest BCUT2D eigenvalue weighted by Gasteiger charge is 2.17. The Morgan fingerprint density at radius 1 is 1.07 bits per heavy atom. The Balaban J connectivity index is 1.65. The van der Waals surface area contributed by atoms with Gasteiger partial charge in [0.05, 0.1) is 18.3 Å². The van der Waals surface area contributed by atoms with Crippen LogP contribution in [-0.4, -0.2) is 22.2 Å². The van der Waals surface area contributed by atoms with Gasteiger partial charge in [-0.2, -0.15) is 0 Å². The number of carbonyl (C=O) groups excluding carboxylic acids is 1. The number of aromatic nitrogens is 2. The van der Waals surface area contributed by atoms with Crippen LogP contribution in [0.4, 0.5) is 0 Å². The number of hydrogen-bond acceptors (Lipinski definition) is 5. The second-order valence-electron chi connectivity index (χ2n) is 6.61. The summed E-state index contributed by atoms with van der Waals surface area (Å²) in [6.07, 6.45) is 0. The highest BCUT2D eigenvalue weighted by Crippen LogP contribution is 2.16. The van der Waals surface area contributed by atoms with Crippen molar-refractivity contribution in [3.8, 4) is 11.4 Å². The number of fused-ring (bicyclic) bond motifs is 1. The van der Waals surface area contributed by atoms with Crippen LogP contribution in [0.1, 0.15) is 5.56 Å². The first-order valence-corrected chi connectivity index (χ1v) is 10.1. The van der Waals surface area contributed by atoms with Crippen molar-refractivity contribution in [2.24, 2.45) is 0 Å². The monoisotopic (exact) mass is 421 g/mol. The van der Waals surface area contributed by atoms with E-state index in [2.05, 4.69) is 5.32 Å². The van der Waals surface area contributed by atoms with E-state index in [1.54, 1.807) is 42.8 Å².